The second-order valence-electron chi connectivity index (χ2n) is 22.3. The molecule has 0 N–H and O–H groups in total. The Labute approximate surface area is 512 Å². The van der Waals surface area contributed by atoms with Gasteiger partial charge in [0.05, 0.1) is 0 Å². The van der Waals surface area contributed by atoms with Crippen molar-refractivity contribution < 1.29 is 28.6 Å². The molecule has 0 aromatic heterocycles. The Hall–Kier alpha value is -4.71. The summed E-state index contributed by atoms with van der Waals surface area (Å²) in [6.45, 7) is 6.38. The molecule has 1 atom stereocenters. The lowest BCUT2D eigenvalue weighted by Gasteiger charge is -2.18. The van der Waals surface area contributed by atoms with E-state index in [9.17, 15) is 14.4 Å². The Balaban J connectivity index is 4.52. The summed E-state index contributed by atoms with van der Waals surface area (Å²) in [6, 6.07) is 0. The molecule has 0 amide bonds. The summed E-state index contributed by atoms with van der Waals surface area (Å²) >= 11 is 0. The third-order valence-corrected chi connectivity index (χ3v) is 14.3. The van der Waals surface area contributed by atoms with Gasteiger partial charge in [-0.2, -0.15) is 0 Å². The number of esters is 3. The van der Waals surface area contributed by atoms with E-state index in [1.807, 2.05) is 0 Å². The van der Waals surface area contributed by atoms with Crippen LogP contribution in [0.25, 0.3) is 0 Å². The molecule has 6 nitrogen and oxygen atoms in total. The fourth-order valence-electron chi connectivity index (χ4n) is 9.28. The van der Waals surface area contributed by atoms with E-state index < -0.39 is 6.10 Å². The molecule has 0 saturated heterocycles. The lowest BCUT2D eigenvalue weighted by atomic mass is 10.0. The molecule has 1 unspecified atom stereocenters. The first-order valence-electron chi connectivity index (χ1n) is 34.3. The molecule has 0 aliphatic heterocycles. The molecule has 6 heteroatoms. The molecule has 0 rings (SSSR count). The monoisotopic (exact) mass is 1150 g/mol. The number of allylic oxidation sites excluding steroid dienone is 24. The van der Waals surface area contributed by atoms with Crippen molar-refractivity contribution in [3.8, 4) is 0 Å². The molecule has 0 aromatic carbocycles. The van der Waals surface area contributed by atoms with E-state index in [0.717, 1.165) is 141 Å². The second kappa shape index (κ2) is 69.8. The van der Waals surface area contributed by atoms with Gasteiger partial charge >= 0.3 is 17.9 Å². The highest BCUT2D eigenvalue weighted by atomic mass is 16.6. The average molecular weight is 1150 g/mol. The minimum absolute atomic E-state index is 0.107. The zero-order chi connectivity index (χ0) is 59.9. The first kappa shape index (κ1) is 78.3. The topological polar surface area (TPSA) is 78.9 Å². The van der Waals surface area contributed by atoms with Gasteiger partial charge in [0.2, 0.25) is 0 Å². The van der Waals surface area contributed by atoms with Crippen molar-refractivity contribution in [1.82, 2.24) is 0 Å². The van der Waals surface area contributed by atoms with Crippen LogP contribution in [0.15, 0.2) is 146 Å². The summed E-state index contributed by atoms with van der Waals surface area (Å²) in [7, 11) is 0. The van der Waals surface area contributed by atoms with E-state index in [1.165, 1.54) is 116 Å². The zero-order valence-corrected chi connectivity index (χ0v) is 53.9. The third kappa shape index (κ3) is 68.0. The largest absolute Gasteiger partial charge is 0.462 e. The van der Waals surface area contributed by atoms with Gasteiger partial charge in [0.1, 0.15) is 13.2 Å². The van der Waals surface area contributed by atoms with Gasteiger partial charge in [-0.15, -0.1) is 0 Å². The van der Waals surface area contributed by atoms with Crippen LogP contribution >= 0.6 is 0 Å². The average Bonchev–Trinajstić information content (AvgIpc) is 3.49. The molecule has 83 heavy (non-hydrogen) atoms. The van der Waals surface area contributed by atoms with Gasteiger partial charge in [0.15, 0.2) is 6.10 Å². The normalized spacial score (nSPS) is 13.0. The van der Waals surface area contributed by atoms with Crippen molar-refractivity contribution in [2.24, 2.45) is 0 Å². The van der Waals surface area contributed by atoms with Crippen molar-refractivity contribution in [2.45, 2.75) is 309 Å². The van der Waals surface area contributed by atoms with Crippen LogP contribution in [0.2, 0.25) is 0 Å². The van der Waals surface area contributed by atoms with Crippen LogP contribution in [0.1, 0.15) is 303 Å². The standard InChI is InChI=1S/C77H126O6/c1-4-7-10-13-16-19-22-25-28-31-34-37-38-41-43-46-49-52-55-58-61-64-67-70-76(79)82-73-74(83-77(80)71-68-65-62-59-56-53-50-47-44-40-36-33-30-27-24-21-18-15-12-9-6-3)72-81-75(78)69-66-63-60-57-54-51-48-45-42-39-35-32-29-26-23-20-17-14-11-8-5-2/h7,9-10,12,16,18-19,21,25,27-28,30,34,36-37,40-41,43,47,49-50,52,58,61,74H,4-6,8,11,13-15,17,20,22-24,26,29,31-33,35,38-39,42,44-46,48,51,53-57,59-60,62-73H2,1-3H3/b10-7-,12-9-,19-16-,21-18-,28-25-,30-27-,37-34-,40-36-,43-41-,50-47-,52-49-,61-58-. The number of ether oxygens (including phenoxy) is 3. The Bertz CT molecular complexity index is 1800. The predicted molar refractivity (Wildman–Crippen MR) is 362 cm³/mol. The molecule has 0 radical (unpaired) electrons. The number of hydrogen-bond acceptors (Lipinski definition) is 6. The maximum atomic E-state index is 13.0. The molecule has 0 aliphatic rings. The second-order valence-corrected chi connectivity index (χ2v) is 22.3. The molecule has 0 fully saturated rings. The number of rotatable bonds is 61. The lowest BCUT2D eigenvalue weighted by Crippen LogP contribution is -2.30. The molecule has 0 bridgehead atoms. The Kier molecular flexibility index (Phi) is 65.8. The highest BCUT2D eigenvalue weighted by Crippen LogP contribution is 2.17. The minimum Gasteiger partial charge on any atom is -0.462 e. The Morgan fingerprint density at radius 3 is 0.783 bits per heavy atom. The highest BCUT2D eigenvalue weighted by Gasteiger charge is 2.19. The molecular formula is C77H126O6. The van der Waals surface area contributed by atoms with E-state index in [4.69, 9.17) is 14.2 Å². The predicted octanol–water partition coefficient (Wildman–Crippen LogP) is 23.9. The van der Waals surface area contributed by atoms with Crippen molar-refractivity contribution in [1.29, 1.82) is 0 Å². The fraction of sp³-hybridized carbons (Fsp3) is 0.649. The van der Waals surface area contributed by atoms with E-state index in [1.54, 1.807) is 0 Å². The summed E-state index contributed by atoms with van der Waals surface area (Å²) in [5.41, 5.74) is 0. The molecule has 0 aromatic rings. The molecule has 0 heterocycles. The Morgan fingerprint density at radius 2 is 0.482 bits per heavy atom. The number of carbonyl (C=O) groups excluding carboxylic acids is 3. The summed E-state index contributed by atoms with van der Waals surface area (Å²) in [6.07, 6.45) is 100. The zero-order valence-electron chi connectivity index (χ0n) is 53.9. The van der Waals surface area contributed by atoms with Crippen LogP contribution in [0.5, 0.6) is 0 Å². The minimum atomic E-state index is -0.820. The van der Waals surface area contributed by atoms with E-state index in [2.05, 4.69) is 167 Å². The molecule has 470 valence electrons. The van der Waals surface area contributed by atoms with Gasteiger partial charge in [0.25, 0.3) is 0 Å². The van der Waals surface area contributed by atoms with Crippen LogP contribution in [0.3, 0.4) is 0 Å². The van der Waals surface area contributed by atoms with Crippen molar-refractivity contribution in [3.05, 3.63) is 146 Å². The van der Waals surface area contributed by atoms with Crippen LogP contribution in [0, 0.1) is 0 Å². The summed E-state index contributed by atoms with van der Waals surface area (Å²) in [5.74, 6) is -0.982. The van der Waals surface area contributed by atoms with Crippen LogP contribution in [-0.2, 0) is 28.6 Å². The molecule has 0 saturated carbocycles. The smallest absolute Gasteiger partial charge is 0.306 e. The summed E-state index contributed by atoms with van der Waals surface area (Å²) in [4.78, 5) is 38.5. The van der Waals surface area contributed by atoms with Crippen molar-refractivity contribution >= 4 is 17.9 Å². The number of unbranched alkanes of at least 4 members (excludes halogenated alkanes) is 26. The molecule has 0 spiro atoms. The Morgan fingerprint density at radius 1 is 0.253 bits per heavy atom. The van der Waals surface area contributed by atoms with Gasteiger partial charge in [-0.25, -0.2) is 0 Å². The van der Waals surface area contributed by atoms with Gasteiger partial charge in [-0.05, 0) is 116 Å². The van der Waals surface area contributed by atoms with Crippen molar-refractivity contribution in [3.63, 3.8) is 0 Å². The van der Waals surface area contributed by atoms with E-state index >= 15 is 0 Å². The van der Waals surface area contributed by atoms with Crippen molar-refractivity contribution in [2.75, 3.05) is 13.2 Å². The van der Waals surface area contributed by atoms with Crippen LogP contribution in [-0.4, -0.2) is 37.2 Å². The first-order chi connectivity index (χ1) is 41.0. The van der Waals surface area contributed by atoms with Crippen LogP contribution in [0.4, 0.5) is 0 Å². The first-order valence-corrected chi connectivity index (χ1v) is 34.3. The van der Waals surface area contributed by atoms with Gasteiger partial charge < -0.3 is 14.2 Å². The molecular weight excluding hydrogens is 1020 g/mol. The van der Waals surface area contributed by atoms with E-state index in [0.29, 0.717) is 12.8 Å². The fourth-order valence-corrected chi connectivity index (χ4v) is 9.28. The van der Waals surface area contributed by atoms with E-state index in [-0.39, 0.29) is 44.0 Å². The number of carbonyl (C=O) groups is 3. The van der Waals surface area contributed by atoms with Gasteiger partial charge in [-0.1, -0.05) is 314 Å². The quantitative estimate of drug-likeness (QED) is 0.0261. The highest BCUT2D eigenvalue weighted by molar-refractivity contribution is 5.71. The maximum Gasteiger partial charge on any atom is 0.306 e. The summed E-state index contributed by atoms with van der Waals surface area (Å²) < 4.78 is 16.9. The van der Waals surface area contributed by atoms with Gasteiger partial charge in [-0.3, -0.25) is 14.4 Å². The molecule has 0 aliphatic carbocycles. The number of hydrogen-bond donors (Lipinski definition) is 0. The third-order valence-electron chi connectivity index (χ3n) is 14.3. The SMILES string of the molecule is CC/C=C\C/C=C\C/C=C\C/C=C\C/C=C\C/C=C\C/C=C\CCCC(=O)OCC(COC(=O)CCCCCCCCCCCCCCCCCCCCCCC)OC(=O)CCCCCCC/C=C\C/C=C\C/C=C\C/C=C\C/C=C\CC. The summed E-state index contributed by atoms with van der Waals surface area (Å²) in [5, 5.41) is 0. The lowest BCUT2D eigenvalue weighted by molar-refractivity contribution is -0.167. The maximum absolute atomic E-state index is 13.0. The van der Waals surface area contributed by atoms with Gasteiger partial charge in [0, 0.05) is 19.3 Å². The van der Waals surface area contributed by atoms with Crippen LogP contribution < -0.4 is 0 Å².